The van der Waals surface area contributed by atoms with Gasteiger partial charge in [0.2, 0.25) is 0 Å². The Morgan fingerprint density at radius 1 is 0.929 bits per heavy atom. The molecule has 0 aromatic rings. The Balaban J connectivity index is 2.09. The Morgan fingerprint density at radius 3 is 1.86 bits per heavy atom. The average molecular weight is 198 g/mol. The Hall–Kier alpha value is -0.0800. The zero-order chi connectivity index (χ0) is 10.4. The maximum Gasteiger partial charge on any atom is 0.0110 e. The molecule has 0 N–H and O–H groups in total. The zero-order valence-corrected chi connectivity index (χ0v) is 10.1. The van der Waals surface area contributed by atoms with E-state index >= 15 is 0 Å². The molecular weight excluding hydrogens is 172 g/mol. The van der Waals surface area contributed by atoms with Crippen molar-refractivity contribution < 1.29 is 0 Å². The molecule has 1 aliphatic rings. The third kappa shape index (κ3) is 4.43. The second kappa shape index (κ2) is 6.41. The number of hydrogen-bond donors (Lipinski definition) is 0. The zero-order valence-electron chi connectivity index (χ0n) is 10.1. The molecule has 1 aliphatic heterocycles. The summed E-state index contributed by atoms with van der Waals surface area (Å²) in [4.78, 5) is 5.21. The maximum absolute atomic E-state index is 2.62. The van der Waals surface area contributed by atoms with Crippen molar-refractivity contribution >= 4 is 0 Å². The van der Waals surface area contributed by atoms with Gasteiger partial charge in [-0.2, -0.15) is 0 Å². The van der Waals surface area contributed by atoms with Crippen LogP contribution in [0, 0.1) is 5.92 Å². The molecule has 0 saturated carbocycles. The van der Waals surface area contributed by atoms with Crippen molar-refractivity contribution in [3.63, 3.8) is 0 Å². The lowest BCUT2D eigenvalue weighted by Crippen LogP contribution is -2.46. The van der Waals surface area contributed by atoms with Crippen LogP contribution in [0.1, 0.15) is 33.6 Å². The van der Waals surface area contributed by atoms with E-state index in [-0.39, 0.29) is 0 Å². The molecule has 0 unspecified atom stereocenters. The summed E-state index contributed by atoms with van der Waals surface area (Å²) in [5.74, 6) is 0.851. The van der Waals surface area contributed by atoms with Gasteiger partial charge in [-0.1, -0.05) is 20.8 Å². The van der Waals surface area contributed by atoms with Gasteiger partial charge in [0.15, 0.2) is 0 Å². The monoisotopic (exact) mass is 198 g/mol. The summed E-state index contributed by atoms with van der Waals surface area (Å²) >= 11 is 0. The largest absolute Gasteiger partial charge is 0.301 e. The fourth-order valence-electron chi connectivity index (χ4n) is 1.99. The van der Waals surface area contributed by atoms with Gasteiger partial charge in [0.05, 0.1) is 0 Å². The van der Waals surface area contributed by atoms with Crippen molar-refractivity contribution in [2.75, 3.05) is 39.3 Å². The molecule has 0 atom stereocenters. The lowest BCUT2D eigenvalue weighted by Gasteiger charge is -2.34. The molecule has 2 heteroatoms. The minimum atomic E-state index is 0.851. The van der Waals surface area contributed by atoms with Crippen LogP contribution in [-0.2, 0) is 0 Å². The van der Waals surface area contributed by atoms with Crippen LogP contribution in [-0.4, -0.2) is 49.1 Å². The molecule has 1 fully saturated rings. The Bertz CT molecular complexity index is 137. The first-order valence-corrected chi connectivity index (χ1v) is 6.17. The predicted molar refractivity (Wildman–Crippen MR) is 62.6 cm³/mol. The average Bonchev–Trinajstić information content (AvgIpc) is 2.17. The Morgan fingerprint density at radius 2 is 1.43 bits per heavy atom. The summed E-state index contributed by atoms with van der Waals surface area (Å²) in [5, 5.41) is 0. The standard InChI is InChI=1S/C12H26N2/c1-4-6-13-8-10-14(11-9-13)7-5-12(2)3/h12H,4-11H2,1-3H3. The van der Waals surface area contributed by atoms with Gasteiger partial charge < -0.3 is 9.80 Å². The van der Waals surface area contributed by atoms with Gasteiger partial charge in [0.25, 0.3) is 0 Å². The van der Waals surface area contributed by atoms with Crippen LogP contribution in [0.2, 0.25) is 0 Å². The summed E-state index contributed by atoms with van der Waals surface area (Å²) < 4.78 is 0. The lowest BCUT2D eigenvalue weighted by molar-refractivity contribution is 0.128. The van der Waals surface area contributed by atoms with Gasteiger partial charge in [-0.15, -0.1) is 0 Å². The van der Waals surface area contributed by atoms with Crippen molar-refractivity contribution in [1.82, 2.24) is 9.80 Å². The highest BCUT2D eigenvalue weighted by molar-refractivity contribution is 4.71. The van der Waals surface area contributed by atoms with Crippen molar-refractivity contribution in [2.45, 2.75) is 33.6 Å². The van der Waals surface area contributed by atoms with E-state index in [2.05, 4.69) is 30.6 Å². The molecule has 14 heavy (non-hydrogen) atoms. The van der Waals surface area contributed by atoms with Gasteiger partial charge in [-0.05, 0) is 31.8 Å². The van der Waals surface area contributed by atoms with E-state index in [0.717, 1.165) is 5.92 Å². The summed E-state index contributed by atoms with van der Waals surface area (Å²) in [6.07, 6.45) is 2.65. The van der Waals surface area contributed by atoms with Crippen molar-refractivity contribution in [2.24, 2.45) is 5.92 Å². The second-order valence-corrected chi connectivity index (χ2v) is 4.87. The number of rotatable bonds is 5. The first-order valence-electron chi connectivity index (χ1n) is 6.17. The predicted octanol–water partition coefficient (Wildman–Crippen LogP) is 2.06. The van der Waals surface area contributed by atoms with E-state index in [9.17, 15) is 0 Å². The van der Waals surface area contributed by atoms with Gasteiger partial charge in [0, 0.05) is 26.2 Å². The van der Waals surface area contributed by atoms with E-state index in [1.54, 1.807) is 0 Å². The molecule has 0 bridgehead atoms. The van der Waals surface area contributed by atoms with Crippen LogP contribution in [0.25, 0.3) is 0 Å². The van der Waals surface area contributed by atoms with E-state index in [0.29, 0.717) is 0 Å². The minimum Gasteiger partial charge on any atom is -0.301 e. The molecule has 0 spiro atoms. The van der Waals surface area contributed by atoms with Gasteiger partial charge in [-0.3, -0.25) is 0 Å². The van der Waals surface area contributed by atoms with Crippen molar-refractivity contribution in [3.8, 4) is 0 Å². The lowest BCUT2D eigenvalue weighted by atomic mass is 10.1. The quantitative estimate of drug-likeness (QED) is 0.667. The molecule has 0 aromatic carbocycles. The van der Waals surface area contributed by atoms with E-state index in [4.69, 9.17) is 0 Å². The topological polar surface area (TPSA) is 6.48 Å². The molecule has 0 aliphatic carbocycles. The molecule has 0 amide bonds. The van der Waals surface area contributed by atoms with Crippen LogP contribution < -0.4 is 0 Å². The van der Waals surface area contributed by atoms with Crippen molar-refractivity contribution in [3.05, 3.63) is 0 Å². The highest BCUT2D eigenvalue weighted by Crippen LogP contribution is 2.06. The molecule has 0 aromatic heterocycles. The second-order valence-electron chi connectivity index (χ2n) is 4.87. The molecular formula is C12H26N2. The number of piperazine rings is 1. The van der Waals surface area contributed by atoms with E-state index in [1.807, 2.05) is 0 Å². The van der Waals surface area contributed by atoms with Crippen LogP contribution >= 0.6 is 0 Å². The number of hydrogen-bond acceptors (Lipinski definition) is 2. The summed E-state index contributed by atoms with van der Waals surface area (Å²) in [6.45, 7) is 14.6. The van der Waals surface area contributed by atoms with Crippen LogP contribution in [0.5, 0.6) is 0 Å². The summed E-state index contributed by atoms with van der Waals surface area (Å²) in [5.41, 5.74) is 0. The van der Waals surface area contributed by atoms with Gasteiger partial charge >= 0.3 is 0 Å². The molecule has 0 radical (unpaired) electrons. The summed E-state index contributed by atoms with van der Waals surface area (Å²) in [6, 6.07) is 0. The van der Waals surface area contributed by atoms with E-state index in [1.165, 1.54) is 52.1 Å². The fraction of sp³-hybridized carbons (Fsp3) is 1.00. The Kier molecular flexibility index (Phi) is 5.49. The maximum atomic E-state index is 2.62. The third-order valence-electron chi connectivity index (χ3n) is 3.03. The minimum absolute atomic E-state index is 0.851. The highest BCUT2D eigenvalue weighted by atomic mass is 15.3. The summed E-state index contributed by atoms with van der Waals surface area (Å²) in [7, 11) is 0. The van der Waals surface area contributed by atoms with Crippen LogP contribution in [0.3, 0.4) is 0 Å². The van der Waals surface area contributed by atoms with Gasteiger partial charge in [0.1, 0.15) is 0 Å². The van der Waals surface area contributed by atoms with Crippen LogP contribution in [0.4, 0.5) is 0 Å². The normalized spacial score (nSPS) is 20.6. The Labute approximate surface area is 89.3 Å². The SMILES string of the molecule is CCCN1CCN(CCC(C)C)CC1. The molecule has 2 nitrogen and oxygen atoms in total. The van der Waals surface area contributed by atoms with E-state index < -0.39 is 0 Å². The first-order chi connectivity index (χ1) is 6.72. The van der Waals surface area contributed by atoms with Crippen LogP contribution in [0.15, 0.2) is 0 Å². The number of nitrogens with zero attached hydrogens (tertiary/aromatic N) is 2. The molecule has 1 rings (SSSR count). The highest BCUT2D eigenvalue weighted by Gasteiger charge is 2.15. The third-order valence-corrected chi connectivity index (χ3v) is 3.03. The fourth-order valence-corrected chi connectivity index (χ4v) is 1.99. The molecule has 84 valence electrons. The van der Waals surface area contributed by atoms with Gasteiger partial charge in [-0.25, -0.2) is 0 Å². The smallest absolute Gasteiger partial charge is 0.0110 e. The van der Waals surface area contributed by atoms with Crippen molar-refractivity contribution in [1.29, 1.82) is 0 Å². The molecule has 1 heterocycles. The first kappa shape index (κ1) is 12.0. The molecule has 1 saturated heterocycles.